The van der Waals surface area contributed by atoms with Crippen molar-refractivity contribution in [3.8, 4) is 0 Å². The fourth-order valence-electron chi connectivity index (χ4n) is 0.289. The molecule has 51 valence electrons. The first-order chi connectivity index (χ1) is 4.33. The molecule has 0 saturated heterocycles. The lowest BCUT2D eigenvalue weighted by Crippen LogP contribution is -1.62. The maximum Gasteiger partial charge on any atom is 0.618 e. The second-order valence-electron chi connectivity index (χ2n) is 1.39. The predicted molar refractivity (Wildman–Crippen MR) is 46.9 cm³/mol. The van der Waals surface area contributed by atoms with Crippen molar-refractivity contribution in [3.63, 3.8) is 0 Å². The summed E-state index contributed by atoms with van der Waals surface area (Å²) >= 11 is -0.639. The van der Waals surface area contributed by atoms with Gasteiger partial charge in [-0.25, -0.2) is 0 Å². The standard InChI is InChI=1S/C6H11.2ClH.Mg/c1-3-5-6-4-2;;;/h3H,1-2,4-6H2;2*1H;/q;;;+2/p-2. The first-order valence-corrected chi connectivity index (χ1v) is 7.13. The molecule has 0 spiro atoms. The van der Waals surface area contributed by atoms with Crippen molar-refractivity contribution in [3.05, 3.63) is 19.6 Å². The van der Waals surface area contributed by atoms with Crippen LogP contribution in [0.1, 0.15) is 19.3 Å². The van der Waals surface area contributed by atoms with E-state index in [4.69, 9.17) is 18.1 Å². The van der Waals surface area contributed by atoms with Crippen LogP contribution < -0.4 is 0 Å². The molecule has 0 heterocycles. The van der Waals surface area contributed by atoms with Crippen LogP contribution in [0.15, 0.2) is 12.7 Å². The molecule has 0 aliphatic rings. The molecule has 9 heavy (non-hydrogen) atoms. The van der Waals surface area contributed by atoms with Gasteiger partial charge >= 0.3 is 18.2 Å². The molecule has 0 N–H and O–H groups in total. The van der Waals surface area contributed by atoms with Crippen molar-refractivity contribution in [1.29, 1.82) is 0 Å². The Labute approximate surface area is 74.9 Å². The van der Waals surface area contributed by atoms with E-state index < -0.39 is 18.2 Å². The van der Waals surface area contributed by atoms with E-state index in [-0.39, 0.29) is 0 Å². The van der Waals surface area contributed by atoms with Gasteiger partial charge in [-0.1, -0.05) is 19.4 Å². The van der Waals surface area contributed by atoms with Crippen molar-refractivity contribution >= 4 is 36.3 Å². The van der Waals surface area contributed by atoms with Gasteiger partial charge in [0.15, 0.2) is 0 Å². The Morgan fingerprint density at radius 3 is 2.00 bits per heavy atom. The van der Waals surface area contributed by atoms with Gasteiger partial charge in [-0.05, 0) is 12.8 Å². The second kappa shape index (κ2) is 16.0. The van der Waals surface area contributed by atoms with E-state index in [1.54, 1.807) is 0 Å². The Morgan fingerprint density at radius 2 is 1.89 bits per heavy atom. The van der Waals surface area contributed by atoms with Gasteiger partial charge in [-0.2, -0.15) is 0 Å². The average Bonchev–Trinajstić information content (AvgIpc) is 1.86. The molecular weight excluding hydrogens is 167 g/mol. The predicted octanol–water partition coefficient (Wildman–Crippen LogP) is 3.17. The first kappa shape index (κ1) is 12.7. The van der Waals surface area contributed by atoms with Crippen molar-refractivity contribution < 1.29 is 0 Å². The van der Waals surface area contributed by atoms with Crippen molar-refractivity contribution in [2.45, 2.75) is 19.3 Å². The van der Waals surface area contributed by atoms with Gasteiger partial charge in [0.05, 0.1) is 0 Å². The van der Waals surface area contributed by atoms with Crippen LogP contribution in [-0.4, -0.2) is 18.2 Å². The van der Waals surface area contributed by atoms with Crippen LogP contribution in [0, 0.1) is 6.92 Å². The van der Waals surface area contributed by atoms with Gasteiger partial charge in [-0.3, -0.25) is 0 Å². The molecule has 0 saturated carbocycles. The Balaban J connectivity index is 0. The highest BCUT2D eigenvalue weighted by molar-refractivity contribution is 7.22. The zero-order valence-corrected chi connectivity index (χ0v) is 8.50. The van der Waals surface area contributed by atoms with E-state index in [1.807, 2.05) is 6.08 Å². The minimum atomic E-state index is -0.639. The van der Waals surface area contributed by atoms with Crippen LogP contribution in [0.2, 0.25) is 0 Å². The maximum absolute atomic E-state index is 4.90. The van der Waals surface area contributed by atoms with Crippen LogP contribution in [0.3, 0.4) is 0 Å². The smallest absolute Gasteiger partial charge is 0.309 e. The fourth-order valence-corrected chi connectivity index (χ4v) is 0.289. The number of allylic oxidation sites excluding steroid dienone is 1. The molecule has 0 aromatic heterocycles. The minimum absolute atomic E-state index is 0.639. The van der Waals surface area contributed by atoms with E-state index in [0.717, 1.165) is 12.8 Å². The summed E-state index contributed by atoms with van der Waals surface area (Å²) in [6.07, 6.45) is 5.25. The molecule has 0 aromatic rings. The first-order valence-electron chi connectivity index (χ1n) is 2.85. The number of hydrogen-bond acceptors (Lipinski definition) is 0. The monoisotopic (exact) mass is 177 g/mol. The molecule has 0 aliphatic carbocycles. The fraction of sp³-hybridized carbons (Fsp3) is 0.500. The van der Waals surface area contributed by atoms with Gasteiger partial charge in [0.2, 0.25) is 0 Å². The highest BCUT2D eigenvalue weighted by atomic mass is 35.6. The van der Waals surface area contributed by atoms with E-state index in [2.05, 4.69) is 13.5 Å². The van der Waals surface area contributed by atoms with E-state index in [1.165, 1.54) is 6.42 Å². The third-order valence-corrected chi connectivity index (χ3v) is 0.658. The van der Waals surface area contributed by atoms with E-state index >= 15 is 0 Å². The summed E-state index contributed by atoms with van der Waals surface area (Å²) in [4.78, 5) is 0. The van der Waals surface area contributed by atoms with Crippen LogP contribution in [0.4, 0.5) is 0 Å². The molecule has 0 unspecified atom stereocenters. The molecule has 0 aromatic carbocycles. The van der Waals surface area contributed by atoms with Crippen LogP contribution in [-0.2, 0) is 0 Å². The van der Waals surface area contributed by atoms with E-state index in [9.17, 15) is 0 Å². The lowest BCUT2D eigenvalue weighted by Gasteiger charge is -1.81. The molecule has 0 bridgehead atoms. The van der Waals surface area contributed by atoms with Gasteiger partial charge in [0.1, 0.15) is 0 Å². The van der Waals surface area contributed by atoms with Crippen LogP contribution in [0.25, 0.3) is 0 Å². The number of rotatable bonds is 3. The summed E-state index contributed by atoms with van der Waals surface area (Å²) < 4.78 is 0. The largest absolute Gasteiger partial charge is 0.618 e. The molecule has 0 amide bonds. The van der Waals surface area contributed by atoms with Crippen LogP contribution >= 0.6 is 18.1 Å². The Kier molecular flexibility index (Phi) is 22.7. The average molecular weight is 178 g/mol. The summed E-state index contributed by atoms with van der Waals surface area (Å²) in [5.41, 5.74) is 0. The topological polar surface area (TPSA) is 0 Å². The summed E-state index contributed by atoms with van der Waals surface area (Å²) in [5.74, 6) is 0. The SMILES string of the molecule is [CH2]CCCC=C.[Cl][Mg][Cl]. The van der Waals surface area contributed by atoms with Crippen molar-refractivity contribution in [2.75, 3.05) is 0 Å². The summed E-state index contributed by atoms with van der Waals surface area (Å²) in [7, 11) is 9.81. The van der Waals surface area contributed by atoms with Gasteiger partial charge in [0.25, 0.3) is 0 Å². The summed E-state index contributed by atoms with van der Waals surface area (Å²) in [5, 5.41) is 0. The van der Waals surface area contributed by atoms with Crippen LogP contribution in [0.5, 0.6) is 0 Å². The molecule has 0 rings (SSSR count). The number of halogens is 2. The Morgan fingerprint density at radius 1 is 1.44 bits per heavy atom. The zero-order valence-electron chi connectivity index (χ0n) is 5.58. The molecule has 0 aliphatic heterocycles. The van der Waals surface area contributed by atoms with Gasteiger partial charge in [-0.15, -0.1) is 6.58 Å². The zero-order chi connectivity index (χ0) is 7.54. The lowest BCUT2D eigenvalue weighted by molar-refractivity contribution is 0.867. The minimum Gasteiger partial charge on any atom is -0.309 e. The quantitative estimate of drug-likeness (QED) is 0.354. The lowest BCUT2D eigenvalue weighted by atomic mass is 10.3. The highest BCUT2D eigenvalue weighted by Gasteiger charge is 1.71. The molecule has 3 heteroatoms. The molecule has 1 radical (unpaired) electrons. The highest BCUT2D eigenvalue weighted by Crippen LogP contribution is 1.90. The van der Waals surface area contributed by atoms with Gasteiger partial charge in [0, 0.05) is 0 Å². The maximum atomic E-state index is 4.90. The summed E-state index contributed by atoms with van der Waals surface area (Å²) in [6, 6.07) is 0. The van der Waals surface area contributed by atoms with E-state index in [0.29, 0.717) is 0 Å². The Hall–Kier alpha value is 1.09. The molecular formula is C6H11Cl2Mg. The molecule has 0 nitrogen and oxygen atoms in total. The molecule has 0 fully saturated rings. The summed E-state index contributed by atoms with van der Waals surface area (Å²) in [6.45, 7) is 7.25. The number of hydrogen-bond donors (Lipinski definition) is 0. The Bertz CT molecular complexity index is 48.3. The third-order valence-electron chi connectivity index (χ3n) is 0.658. The normalized spacial score (nSPS) is 6.56. The van der Waals surface area contributed by atoms with Crippen molar-refractivity contribution in [1.82, 2.24) is 0 Å². The second-order valence-corrected chi connectivity index (χ2v) is 4.01. The van der Waals surface area contributed by atoms with Gasteiger partial charge < -0.3 is 18.1 Å². The van der Waals surface area contributed by atoms with Crippen molar-refractivity contribution in [2.24, 2.45) is 0 Å². The third kappa shape index (κ3) is 27.3. The number of unbranched alkanes of at least 4 members (excludes halogenated alkanes) is 2. The molecule has 0 atom stereocenters.